The summed E-state index contributed by atoms with van der Waals surface area (Å²) in [6, 6.07) is 11.7. The minimum absolute atomic E-state index is 0.0600. The van der Waals surface area contributed by atoms with Crippen molar-refractivity contribution in [3.05, 3.63) is 64.9 Å². The number of likely N-dealkylation sites (N-methyl/N-ethyl adjacent to an activating group) is 1. The Morgan fingerprint density at radius 3 is 2.50 bits per heavy atom. The third-order valence-corrected chi connectivity index (χ3v) is 5.73. The highest BCUT2D eigenvalue weighted by Gasteiger charge is 2.21. The second-order valence-corrected chi connectivity index (χ2v) is 8.00. The SMILES string of the molecule is C[C@H](CCC(=O)N[C@@H](c1ccc(Cl)cc1)c1cccnc1)N1CCN(C)CC1. The molecule has 1 N–H and O–H groups in total. The lowest BCUT2D eigenvalue weighted by Gasteiger charge is -2.36. The molecule has 5 nitrogen and oxygen atoms in total. The number of amides is 1. The van der Waals surface area contributed by atoms with E-state index in [9.17, 15) is 4.79 Å². The quantitative estimate of drug-likeness (QED) is 0.774. The molecule has 0 spiro atoms. The van der Waals surface area contributed by atoms with E-state index in [0.717, 1.165) is 43.7 Å². The number of nitrogens with zero attached hydrogens (tertiary/aromatic N) is 3. The summed E-state index contributed by atoms with van der Waals surface area (Å²) in [5.41, 5.74) is 1.96. The van der Waals surface area contributed by atoms with E-state index in [2.05, 4.69) is 34.1 Å². The van der Waals surface area contributed by atoms with Crippen LogP contribution in [0.2, 0.25) is 5.02 Å². The first-order chi connectivity index (χ1) is 13.5. The fourth-order valence-electron chi connectivity index (χ4n) is 3.58. The zero-order chi connectivity index (χ0) is 19.9. The highest BCUT2D eigenvalue weighted by Crippen LogP contribution is 2.23. The molecule has 1 aliphatic rings. The van der Waals surface area contributed by atoms with Crippen LogP contribution in [0.15, 0.2) is 48.8 Å². The van der Waals surface area contributed by atoms with Crippen LogP contribution >= 0.6 is 11.6 Å². The van der Waals surface area contributed by atoms with Gasteiger partial charge in [0.1, 0.15) is 0 Å². The summed E-state index contributed by atoms with van der Waals surface area (Å²) in [5, 5.41) is 3.87. The van der Waals surface area contributed by atoms with Crippen molar-refractivity contribution in [1.29, 1.82) is 0 Å². The largest absolute Gasteiger partial charge is 0.345 e. The lowest BCUT2D eigenvalue weighted by molar-refractivity contribution is -0.122. The predicted octanol–water partition coefficient (Wildman–Crippen LogP) is 3.36. The minimum atomic E-state index is -0.225. The molecule has 0 bridgehead atoms. The van der Waals surface area contributed by atoms with E-state index in [4.69, 9.17) is 11.6 Å². The first kappa shape index (κ1) is 20.8. The number of nitrogens with one attached hydrogen (secondary N) is 1. The molecular weight excluding hydrogens is 372 g/mol. The normalized spacial score (nSPS) is 17.8. The van der Waals surface area contributed by atoms with Gasteiger partial charge in [-0.05, 0) is 49.7 Å². The first-order valence-electron chi connectivity index (χ1n) is 9.90. The average Bonchev–Trinajstić information content (AvgIpc) is 2.72. The highest BCUT2D eigenvalue weighted by molar-refractivity contribution is 6.30. The summed E-state index contributed by atoms with van der Waals surface area (Å²) in [5.74, 6) is 0.0600. The molecule has 3 rings (SSSR count). The van der Waals surface area contributed by atoms with E-state index < -0.39 is 0 Å². The third-order valence-electron chi connectivity index (χ3n) is 5.48. The Bertz CT molecular complexity index is 745. The van der Waals surface area contributed by atoms with Crippen molar-refractivity contribution in [2.24, 2.45) is 0 Å². The zero-order valence-corrected chi connectivity index (χ0v) is 17.4. The number of piperazine rings is 1. The van der Waals surface area contributed by atoms with E-state index in [1.165, 1.54) is 0 Å². The maximum Gasteiger partial charge on any atom is 0.220 e. The number of rotatable bonds is 7. The van der Waals surface area contributed by atoms with Crippen molar-refractivity contribution in [3.63, 3.8) is 0 Å². The van der Waals surface area contributed by atoms with E-state index in [1.807, 2.05) is 36.4 Å². The number of carbonyl (C=O) groups excluding carboxylic acids is 1. The first-order valence-corrected chi connectivity index (χ1v) is 10.3. The topological polar surface area (TPSA) is 48.5 Å². The Morgan fingerprint density at radius 2 is 1.86 bits per heavy atom. The van der Waals surface area contributed by atoms with Crippen LogP contribution in [0.5, 0.6) is 0 Å². The van der Waals surface area contributed by atoms with Crippen molar-refractivity contribution < 1.29 is 4.79 Å². The number of hydrogen-bond acceptors (Lipinski definition) is 4. The van der Waals surface area contributed by atoms with Gasteiger partial charge in [-0.25, -0.2) is 0 Å². The van der Waals surface area contributed by atoms with Crippen molar-refractivity contribution in [2.75, 3.05) is 33.2 Å². The van der Waals surface area contributed by atoms with Crippen LogP contribution in [-0.2, 0) is 4.79 Å². The summed E-state index contributed by atoms with van der Waals surface area (Å²) in [6.45, 7) is 6.55. The molecule has 1 saturated heterocycles. The van der Waals surface area contributed by atoms with Crippen LogP contribution in [-0.4, -0.2) is 60.0 Å². The summed E-state index contributed by atoms with van der Waals surface area (Å²) in [6.07, 6.45) is 4.90. The van der Waals surface area contributed by atoms with Crippen molar-refractivity contribution in [3.8, 4) is 0 Å². The highest BCUT2D eigenvalue weighted by atomic mass is 35.5. The van der Waals surface area contributed by atoms with Gasteiger partial charge in [0, 0.05) is 56.1 Å². The Morgan fingerprint density at radius 1 is 1.14 bits per heavy atom. The van der Waals surface area contributed by atoms with E-state index in [0.29, 0.717) is 17.5 Å². The number of aromatic nitrogens is 1. The molecule has 2 aromatic rings. The molecule has 0 aliphatic carbocycles. The Balaban J connectivity index is 1.60. The van der Waals surface area contributed by atoms with E-state index in [1.54, 1.807) is 12.4 Å². The van der Waals surface area contributed by atoms with E-state index >= 15 is 0 Å². The van der Waals surface area contributed by atoms with Crippen LogP contribution in [0.3, 0.4) is 0 Å². The van der Waals surface area contributed by atoms with Crippen LogP contribution in [0.25, 0.3) is 0 Å². The molecule has 150 valence electrons. The fraction of sp³-hybridized carbons (Fsp3) is 0.455. The minimum Gasteiger partial charge on any atom is -0.345 e. The molecule has 1 aliphatic heterocycles. The maximum atomic E-state index is 12.7. The summed E-state index contributed by atoms with van der Waals surface area (Å²) >= 11 is 6.03. The second-order valence-electron chi connectivity index (χ2n) is 7.57. The molecule has 0 unspecified atom stereocenters. The van der Waals surface area contributed by atoms with Gasteiger partial charge in [0.2, 0.25) is 5.91 Å². The summed E-state index contributed by atoms with van der Waals surface area (Å²) in [4.78, 5) is 21.8. The van der Waals surface area contributed by atoms with Gasteiger partial charge in [0.25, 0.3) is 0 Å². The van der Waals surface area contributed by atoms with Gasteiger partial charge >= 0.3 is 0 Å². The Kier molecular flexibility index (Phi) is 7.43. The Hall–Kier alpha value is -1.95. The lowest BCUT2D eigenvalue weighted by atomic mass is 9.99. The molecule has 2 atom stereocenters. The smallest absolute Gasteiger partial charge is 0.220 e. The monoisotopic (exact) mass is 400 g/mol. The number of pyridine rings is 1. The standard InChI is InChI=1S/C22H29ClN4O/c1-17(27-14-12-26(2)13-15-27)5-10-21(28)25-22(19-4-3-11-24-16-19)18-6-8-20(23)9-7-18/h3-4,6-9,11,16-17,22H,5,10,12-15H2,1-2H3,(H,25,28)/t17-,22+/m1/s1. The van der Waals surface area contributed by atoms with Crippen molar-refractivity contribution in [2.45, 2.75) is 31.8 Å². The third kappa shape index (κ3) is 5.77. The zero-order valence-electron chi connectivity index (χ0n) is 16.6. The number of benzene rings is 1. The molecule has 0 radical (unpaired) electrons. The van der Waals surface area contributed by atoms with Gasteiger partial charge in [-0.15, -0.1) is 0 Å². The fourth-order valence-corrected chi connectivity index (χ4v) is 3.71. The van der Waals surface area contributed by atoms with Gasteiger partial charge in [0.15, 0.2) is 0 Å². The van der Waals surface area contributed by atoms with Crippen LogP contribution < -0.4 is 5.32 Å². The maximum absolute atomic E-state index is 12.7. The van der Waals surface area contributed by atoms with E-state index in [-0.39, 0.29) is 11.9 Å². The number of halogens is 1. The molecule has 1 aromatic carbocycles. The Labute approximate surface area is 172 Å². The molecular formula is C22H29ClN4O. The lowest BCUT2D eigenvalue weighted by Crippen LogP contribution is -2.48. The number of hydrogen-bond donors (Lipinski definition) is 1. The molecule has 28 heavy (non-hydrogen) atoms. The van der Waals surface area contributed by atoms with Crippen molar-refractivity contribution in [1.82, 2.24) is 20.1 Å². The van der Waals surface area contributed by atoms with Gasteiger partial charge in [-0.2, -0.15) is 0 Å². The van der Waals surface area contributed by atoms with Crippen LogP contribution in [0.4, 0.5) is 0 Å². The molecule has 6 heteroatoms. The van der Waals surface area contributed by atoms with Gasteiger partial charge in [-0.1, -0.05) is 29.8 Å². The molecule has 2 heterocycles. The second kappa shape index (κ2) is 10.0. The number of carbonyl (C=O) groups is 1. The molecule has 1 amide bonds. The van der Waals surface area contributed by atoms with Gasteiger partial charge < -0.3 is 10.2 Å². The predicted molar refractivity (Wildman–Crippen MR) is 113 cm³/mol. The van der Waals surface area contributed by atoms with Crippen molar-refractivity contribution >= 4 is 17.5 Å². The summed E-state index contributed by atoms with van der Waals surface area (Å²) in [7, 11) is 2.16. The van der Waals surface area contributed by atoms with Gasteiger partial charge in [-0.3, -0.25) is 14.7 Å². The van der Waals surface area contributed by atoms with Crippen LogP contribution in [0.1, 0.15) is 36.9 Å². The summed E-state index contributed by atoms with van der Waals surface area (Å²) < 4.78 is 0. The molecule has 0 saturated carbocycles. The van der Waals surface area contributed by atoms with Crippen LogP contribution in [0, 0.1) is 0 Å². The molecule has 1 aromatic heterocycles. The average molecular weight is 401 g/mol. The molecule has 1 fully saturated rings. The van der Waals surface area contributed by atoms with Gasteiger partial charge in [0.05, 0.1) is 6.04 Å².